The molecule has 1 amide bonds. The first kappa shape index (κ1) is 18.4. The number of fused-ring (bicyclic) bond motifs is 1. The molecule has 7 nitrogen and oxygen atoms in total. The van der Waals surface area contributed by atoms with Crippen molar-refractivity contribution < 1.29 is 22.7 Å². The van der Waals surface area contributed by atoms with Crippen LogP contribution in [-0.4, -0.2) is 26.0 Å². The van der Waals surface area contributed by atoms with Crippen LogP contribution in [0, 0.1) is 17.5 Å². The topological polar surface area (TPSA) is 73.1 Å². The lowest BCUT2D eigenvalue weighted by molar-refractivity contribution is 0.140. The average Bonchev–Trinajstić information content (AvgIpc) is 3.16. The van der Waals surface area contributed by atoms with Crippen LogP contribution in [0.1, 0.15) is 5.56 Å². The van der Waals surface area contributed by atoms with Crippen LogP contribution in [-0.2, 0) is 11.3 Å². The van der Waals surface area contributed by atoms with Crippen molar-refractivity contribution in [3.63, 3.8) is 0 Å². The van der Waals surface area contributed by atoms with Gasteiger partial charge in [0.2, 0.25) is 0 Å². The number of nitrogens with zero attached hydrogens (tertiary/aromatic N) is 5. The number of amides is 1. The Bertz CT molecular complexity index is 1180. The smallest absolute Gasteiger partial charge is 0.435 e. The van der Waals surface area contributed by atoms with Crippen molar-refractivity contribution in [3.8, 4) is 0 Å². The normalized spacial score (nSPS) is 10.9. The van der Waals surface area contributed by atoms with E-state index >= 15 is 0 Å². The Balaban J connectivity index is 1.69. The van der Waals surface area contributed by atoms with Gasteiger partial charge in [-0.2, -0.15) is 14.9 Å². The molecule has 0 aliphatic carbocycles. The molecule has 0 bridgehead atoms. The lowest BCUT2D eigenvalue weighted by Crippen LogP contribution is -2.37. The summed E-state index contributed by atoms with van der Waals surface area (Å²) in [5.74, 6) is -3.70. The van der Waals surface area contributed by atoms with Gasteiger partial charge in [0.25, 0.3) is 0 Å². The Labute approximate surface area is 162 Å². The minimum absolute atomic E-state index is 0.200. The second kappa shape index (κ2) is 7.58. The Kier molecular flexibility index (Phi) is 4.82. The van der Waals surface area contributed by atoms with Crippen LogP contribution in [0.3, 0.4) is 0 Å². The molecule has 146 valence electrons. The number of carbonyl (C=O) groups excluding carboxylic acids is 1. The molecule has 10 heteroatoms. The first-order chi connectivity index (χ1) is 14.1. The minimum atomic E-state index is -1.42. The molecule has 0 N–H and O–H groups in total. The molecule has 4 rings (SSSR count). The molecule has 0 spiro atoms. The molecular formula is C19H12F3N5O2. The first-order valence-corrected chi connectivity index (χ1v) is 8.33. The maximum absolute atomic E-state index is 13.9. The highest BCUT2D eigenvalue weighted by molar-refractivity contribution is 5.89. The lowest BCUT2D eigenvalue weighted by atomic mass is 10.2. The van der Waals surface area contributed by atoms with Crippen LogP contribution in [0.4, 0.5) is 23.7 Å². The third kappa shape index (κ3) is 3.47. The maximum atomic E-state index is 13.9. The van der Waals surface area contributed by atoms with Gasteiger partial charge in [-0.1, -0.05) is 18.2 Å². The number of halogens is 3. The molecule has 0 saturated heterocycles. The molecule has 0 saturated carbocycles. The molecule has 2 aromatic carbocycles. The van der Waals surface area contributed by atoms with E-state index in [1.807, 2.05) is 0 Å². The van der Waals surface area contributed by atoms with Gasteiger partial charge in [-0.25, -0.2) is 27.9 Å². The first-order valence-electron chi connectivity index (χ1n) is 8.33. The van der Waals surface area contributed by atoms with Crippen molar-refractivity contribution in [1.82, 2.24) is 19.9 Å². The monoisotopic (exact) mass is 399 g/mol. The van der Waals surface area contributed by atoms with Gasteiger partial charge in [0.05, 0.1) is 29.7 Å². The molecule has 0 aliphatic heterocycles. The van der Waals surface area contributed by atoms with E-state index < -0.39 is 35.7 Å². The Morgan fingerprint density at radius 3 is 2.52 bits per heavy atom. The molecule has 0 radical (unpaired) electrons. The van der Waals surface area contributed by atoms with Crippen LogP contribution < -0.4 is 5.01 Å². The summed E-state index contributed by atoms with van der Waals surface area (Å²) in [5, 5.41) is 5.91. The maximum Gasteiger partial charge on any atom is 0.435 e. The fourth-order valence-corrected chi connectivity index (χ4v) is 2.71. The summed E-state index contributed by atoms with van der Waals surface area (Å²) >= 11 is 0. The molecular weight excluding hydrogens is 387 g/mol. The number of para-hydroxylation sites is 1. The van der Waals surface area contributed by atoms with Gasteiger partial charge in [0.15, 0.2) is 11.6 Å². The van der Waals surface area contributed by atoms with E-state index in [0.29, 0.717) is 11.6 Å². The van der Waals surface area contributed by atoms with Crippen molar-refractivity contribution >= 4 is 22.7 Å². The number of rotatable bonds is 4. The Hall–Kier alpha value is -3.95. The van der Waals surface area contributed by atoms with Gasteiger partial charge in [0.1, 0.15) is 24.4 Å². The van der Waals surface area contributed by atoms with Crippen molar-refractivity contribution in [2.24, 2.45) is 0 Å². The van der Waals surface area contributed by atoms with E-state index in [1.54, 1.807) is 24.3 Å². The Morgan fingerprint density at radius 1 is 1.00 bits per heavy atom. The predicted molar refractivity (Wildman–Crippen MR) is 96.1 cm³/mol. The number of hydrogen-bond donors (Lipinski definition) is 0. The van der Waals surface area contributed by atoms with E-state index in [9.17, 15) is 18.0 Å². The van der Waals surface area contributed by atoms with E-state index in [0.717, 1.165) is 16.5 Å². The highest BCUT2D eigenvalue weighted by Gasteiger charge is 2.24. The Morgan fingerprint density at radius 2 is 1.72 bits per heavy atom. The van der Waals surface area contributed by atoms with Crippen LogP contribution in [0.15, 0.2) is 61.3 Å². The van der Waals surface area contributed by atoms with Gasteiger partial charge in [-0.15, -0.1) is 0 Å². The highest BCUT2D eigenvalue weighted by atomic mass is 19.2. The molecule has 0 unspecified atom stereocenters. The summed E-state index contributed by atoms with van der Waals surface area (Å²) in [6, 6.07) is 8.48. The van der Waals surface area contributed by atoms with Crippen LogP contribution in [0.25, 0.3) is 10.9 Å². The molecule has 2 heterocycles. The summed E-state index contributed by atoms with van der Waals surface area (Å²) in [6.45, 7) is -0.822. The van der Waals surface area contributed by atoms with Crippen molar-refractivity contribution in [3.05, 3.63) is 84.3 Å². The number of hydrogen-bond acceptors (Lipinski definition) is 5. The van der Waals surface area contributed by atoms with Gasteiger partial charge in [0, 0.05) is 5.39 Å². The van der Waals surface area contributed by atoms with Crippen molar-refractivity contribution in [2.75, 3.05) is 5.01 Å². The summed E-state index contributed by atoms with van der Waals surface area (Å²) in [4.78, 5) is 21.8. The standard InChI is InChI=1S/C19H12F3N5O2/c20-15-5-6-16(21)18(22)14(15)10-29-19(28)26(13-8-23-11-24-9-13)27-17-4-2-1-3-12(17)7-25-27/h1-9,11H,10H2. The van der Waals surface area contributed by atoms with Gasteiger partial charge in [-0.05, 0) is 18.2 Å². The van der Waals surface area contributed by atoms with Crippen molar-refractivity contribution in [2.45, 2.75) is 6.61 Å². The van der Waals surface area contributed by atoms with E-state index in [1.165, 1.54) is 29.7 Å². The number of anilines is 1. The van der Waals surface area contributed by atoms with E-state index in [4.69, 9.17) is 4.74 Å². The number of carbonyl (C=O) groups is 1. The molecule has 0 aliphatic rings. The van der Waals surface area contributed by atoms with Crippen LogP contribution in [0.2, 0.25) is 0 Å². The fourth-order valence-electron chi connectivity index (χ4n) is 2.71. The predicted octanol–water partition coefficient (Wildman–Crippen LogP) is 3.85. The number of aromatic nitrogens is 4. The number of ether oxygens (including phenoxy) is 1. The average molecular weight is 399 g/mol. The van der Waals surface area contributed by atoms with Crippen LogP contribution >= 0.6 is 0 Å². The lowest BCUT2D eigenvalue weighted by Gasteiger charge is -2.22. The summed E-state index contributed by atoms with van der Waals surface area (Å²) < 4.78 is 46.1. The molecule has 4 aromatic rings. The second-order valence-electron chi connectivity index (χ2n) is 5.88. The highest BCUT2D eigenvalue weighted by Crippen LogP contribution is 2.21. The molecule has 0 fully saturated rings. The zero-order chi connectivity index (χ0) is 20.4. The third-order valence-corrected chi connectivity index (χ3v) is 4.09. The third-order valence-electron chi connectivity index (χ3n) is 4.09. The van der Waals surface area contributed by atoms with E-state index in [2.05, 4.69) is 15.1 Å². The largest absolute Gasteiger partial charge is 0.443 e. The quantitative estimate of drug-likeness (QED) is 0.488. The van der Waals surface area contributed by atoms with Gasteiger partial charge in [-0.3, -0.25) is 0 Å². The SMILES string of the molecule is O=C(OCc1c(F)ccc(F)c1F)N(c1cncnc1)n1ncc2ccccc21. The second-order valence-corrected chi connectivity index (χ2v) is 5.88. The summed E-state index contributed by atoms with van der Waals surface area (Å²) in [5.41, 5.74) is 0.0656. The zero-order valence-corrected chi connectivity index (χ0v) is 14.7. The molecule has 29 heavy (non-hydrogen) atoms. The van der Waals surface area contributed by atoms with Gasteiger partial charge < -0.3 is 4.74 Å². The van der Waals surface area contributed by atoms with Gasteiger partial charge >= 0.3 is 6.09 Å². The molecule has 0 atom stereocenters. The summed E-state index contributed by atoms with van der Waals surface area (Å²) in [6.07, 6.45) is 4.47. The van der Waals surface area contributed by atoms with E-state index in [-0.39, 0.29) is 5.69 Å². The number of benzene rings is 2. The minimum Gasteiger partial charge on any atom is -0.443 e. The molecule has 2 aromatic heterocycles. The summed E-state index contributed by atoms with van der Waals surface area (Å²) in [7, 11) is 0. The zero-order valence-electron chi connectivity index (χ0n) is 14.7. The fraction of sp³-hybridized carbons (Fsp3) is 0.0526. The van der Waals surface area contributed by atoms with Crippen molar-refractivity contribution in [1.29, 1.82) is 0 Å². The van der Waals surface area contributed by atoms with Crippen LogP contribution in [0.5, 0.6) is 0 Å².